The number of piperidine rings is 1. The fourth-order valence-electron chi connectivity index (χ4n) is 2.30. The summed E-state index contributed by atoms with van der Waals surface area (Å²) in [5.41, 5.74) is 1.18. The number of benzene rings is 1. The van der Waals surface area contributed by atoms with Gasteiger partial charge in [-0.2, -0.15) is 0 Å². The molecule has 0 bridgehead atoms. The maximum Gasteiger partial charge on any atom is 0.138 e. The Morgan fingerprint density at radius 3 is 2.65 bits per heavy atom. The van der Waals surface area contributed by atoms with Gasteiger partial charge in [-0.25, -0.2) is 0 Å². The third-order valence-electron chi connectivity index (χ3n) is 3.17. The van der Waals surface area contributed by atoms with Gasteiger partial charge in [0.25, 0.3) is 0 Å². The van der Waals surface area contributed by atoms with E-state index in [0.717, 1.165) is 28.9 Å². The van der Waals surface area contributed by atoms with Crippen molar-refractivity contribution < 1.29 is 9.47 Å². The van der Waals surface area contributed by atoms with Crippen LogP contribution in [0.15, 0.2) is 16.6 Å². The van der Waals surface area contributed by atoms with Gasteiger partial charge >= 0.3 is 0 Å². The number of nitrogens with one attached hydrogen (secondary N) is 1. The number of rotatable bonds is 3. The molecule has 1 aliphatic rings. The summed E-state index contributed by atoms with van der Waals surface area (Å²) in [6.45, 7) is 1.07. The summed E-state index contributed by atoms with van der Waals surface area (Å²) < 4.78 is 11.7. The molecule has 1 fully saturated rings. The van der Waals surface area contributed by atoms with Crippen LogP contribution in [0, 0.1) is 0 Å². The molecule has 94 valence electrons. The predicted octanol–water partition coefficient (Wildman–Crippen LogP) is 3.28. The Morgan fingerprint density at radius 1 is 1.24 bits per heavy atom. The second-order valence-corrected chi connectivity index (χ2v) is 5.09. The van der Waals surface area contributed by atoms with Crippen molar-refractivity contribution in [3.63, 3.8) is 0 Å². The Labute approximate surface area is 111 Å². The third-order valence-corrected chi connectivity index (χ3v) is 3.76. The van der Waals surface area contributed by atoms with Crippen molar-refractivity contribution in [2.24, 2.45) is 0 Å². The molecule has 0 aromatic heterocycles. The first kappa shape index (κ1) is 12.7. The van der Waals surface area contributed by atoms with E-state index in [0.29, 0.717) is 6.04 Å². The monoisotopic (exact) mass is 299 g/mol. The van der Waals surface area contributed by atoms with E-state index < -0.39 is 0 Å². The van der Waals surface area contributed by atoms with Gasteiger partial charge in [-0.05, 0) is 47.4 Å². The largest absolute Gasteiger partial charge is 0.497 e. The molecule has 0 radical (unpaired) electrons. The number of methoxy groups -OCH3 is 2. The van der Waals surface area contributed by atoms with Gasteiger partial charge in [0.1, 0.15) is 11.5 Å². The standard InChI is InChI=1S/C13H18BrNO2/c1-16-9-7-10(12-5-3-4-6-15-12)13(17-2)11(14)8-9/h7-8,12,15H,3-6H2,1-2H3. The number of hydrogen-bond acceptors (Lipinski definition) is 3. The van der Waals surface area contributed by atoms with E-state index in [1.807, 2.05) is 6.07 Å². The SMILES string of the molecule is COc1cc(Br)c(OC)c(C2CCCCN2)c1. The highest BCUT2D eigenvalue weighted by Gasteiger charge is 2.21. The topological polar surface area (TPSA) is 30.5 Å². The number of ether oxygens (including phenoxy) is 2. The molecule has 17 heavy (non-hydrogen) atoms. The van der Waals surface area contributed by atoms with Crippen LogP contribution >= 0.6 is 15.9 Å². The van der Waals surface area contributed by atoms with Gasteiger partial charge in [0.2, 0.25) is 0 Å². The molecule has 1 aliphatic heterocycles. The molecular formula is C13H18BrNO2. The highest BCUT2D eigenvalue weighted by molar-refractivity contribution is 9.10. The second-order valence-electron chi connectivity index (χ2n) is 4.23. The van der Waals surface area contributed by atoms with E-state index in [1.54, 1.807) is 14.2 Å². The van der Waals surface area contributed by atoms with E-state index in [2.05, 4.69) is 27.3 Å². The van der Waals surface area contributed by atoms with Crippen LogP contribution in [0.3, 0.4) is 0 Å². The minimum atomic E-state index is 0.366. The van der Waals surface area contributed by atoms with E-state index in [-0.39, 0.29) is 0 Å². The van der Waals surface area contributed by atoms with Gasteiger partial charge in [0.15, 0.2) is 0 Å². The molecule has 0 saturated carbocycles. The van der Waals surface area contributed by atoms with Crippen molar-refractivity contribution in [2.75, 3.05) is 20.8 Å². The number of halogens is 1. The maximum atomic E-state index is 5.49. The van der Waals surface area contributed by atoms with Gasteiger partial charge in [-0.15, -0.1) is 0 Å². The van der Waals surface area contributed by atoms with Crippen molar-refractivity contribution in [3.8, 4) is 11.5 Å². The van der Waals surface area contributed by atoms with Crippen molar-refractivity contribution in [1.82, 2.24) is 5.32 Å². The third kappa shape index (κ3) is 2.75. The van der Waals surface area contributed by atoms with Gasteiger partial charge < -0.3 is 14.8 Å². The van der Waals surface area contributed by atoms with Crippen molar-refractivity contribution >= 4 is 15.9 Å². The molecular weight excluding hydrogens is 282 g/mol. The zero-order valence-electron chi connectivity index (χ0n) is 10.3. The van der Waals surface area contributed by atoms with E-state index >= 15 is 0 Å². The zero-order chi connectivity index (χ0) is 12.3. The summed E-state index contributed by atoms with van der Waals surface area (Å²) in [6, 6.07) is 4.36. The van der Waals surface area contributed by atoms with Gasteiger partial charge in [0, 0.05) is 11.6 Å². The lowest BCUT2D eigenvalue weighted by atomic mass is 9.96. The summed E-state index contributed by atoms with van der Waals surface area (Å²) in [6.07, 6.45) is 3.66. The number of hydrogen-bond donors (Lipinski definition) is 1. The minimum Gasteiger partial charge on any atom is -0.497 e. The highest BCUT2D eigenvalue weighted by Crippen LogP contribution is 2.39. The summed E-state index contributed by atoms with van der Waals surface area (Å²) in [5.74, 6) is 1.77. The Morgan fingerprint density at radius 2 is 2.06 bits per heavy atom. The summed E-state index contributed by atoms with van der Waals surface area (Å²) in [4.78, 5) is 0. The van der Waals surface area contributed by atoms with Crippen molar-refractivity contribution in [3.05, 3.63) is 22.2 Å². The Balaban J connectivity index is 2.38. The smallest absolute Gasteiger partial charge is 0.138 e. The molecule has 0 amide bonds. The molecule has 1 unspecified atom stereocenters. The van der Waals surface area contributed by atoms with Gasteiger partial charge in [0.05, 0.1) is 18.7 Å². The predicted molar refractivity (Wildman–Crippen MR) is 71.8 cm³/mol. The summed E-state index contributed by atoms with van der Waals surface area (Å²) in [7, 11) is 3.39. The lowest BCUT2D eigenvalue weighted by Crippen LogP contribution is -2.27. The van der Waals surface area contributed by atoms with E-state index in [1.165, 1.54) is 18.4 Å². The van der Waals surface area contributed by atoms with E-state index in [9.17, 15) is 0 Å². The average Bonchev–Trinajstić information content (AvgIpc) is 2.38. The second kappa shape index (κ2) is 5.74. The molecule has 3 nitrogen and oxygen atoms in total. The summed E-state index contributed by atoms with van der Waals surface area (Å²) in [5, 5.41) is 3.53. The normalized spacial score (nSPS) is 20.1. The molecule has 1 aromatic carbocycles. The Kier molecular flexibility index (Phi) is 4.29. The minimum absolute atomic E-state index is 0.366. The lowest BCUT2D eigenvalue weighted by molar-refractivity contribution is 0.366. The average molecular weight is 300 g/mol. The molecule has 1 N–H and O–H groups in total. The molecule has 1 saturated heterocycles. The molecule has 2 rings (SSSR count). The van der Waals surface area contributed by atoms with Crippen LogP contribution in [0.25, 0.3) is 0 Å². The van der Waals surface area contributed by atoms with Crippen molar-refractivity contribution in [1.29, 1.82) is 0 Å². The highest BCUT2D eigenvalue weighted by atomic mass is 79.9. The maximum absolute atomic E-state index is 5.49. The first-order chi connectivity index (χ1) is 8.26. The lowest BCUT2D eigenvalue weighted by Gasteiger charge is -2.26. The quantitative estimate of drug-likeness (QED) is 0.929. The van der Waals surface area contributed by atoms with Crippen LogP contribution in [0.5, 0.6) is 11.5 Å². The van der Waals surface area contributed by atoms with Crippen LogP contribution in [0.1, 0.15) is 30.9 Å². The first-order valence-corrected chi connectivity index (χ1v) is 6.70. The van der Waals surface area contributed by atoms with Gasteiger partial charge in [-0.1, -0.05) is 6.42 Å². The fourth-order valence-corrected chi connectivity index (χ4v) is 2.91. The fraction of sp³-hybridized carbons (Fsp3) is 0.538. The van der Waals surface area contributed by atoms with Gasteiger partial charge in [-0.3, -0.25) is 0 Å². The van der Waals surface area contributed by atoms with Crippen LogP contribution in [-0.2, 0) is 0 Å². The Hall–Kier alpha value is -0.740. The van der Waals surface area contributed by atoms with Crippen molar-refractivity contribution in [2.45, 2.75) is 25.3 Å². The summed E-state index contributed by atoms with van der Waals surface area (Å²) >= 11 is 3.53. The molecule has 0 aliphatic carbocycles. The molecule has 4 heteroatoms. The molecule has 1 atom stereocenters. The van der Waals surface area contributed by atoms with Crippen LogP contribution in [0.2, 0.25) is 0 Å². The molecule has 1 heterocycles. The zero-order valence-corrected chi connectivity index (χ0v) is 11.8. The molecule has 1 aromatic rings. The molecule has 0 spiro atoms. The van der Waals surface area contributed by atoms with Crippen LogP contribution in [0.4, 0.5) is 0 Å². The van der Waals surface area contributed by atoms with E-state index in [4.69, 9.17) is 9.47 Å². The van der Waals surface area contributed by atoms with Crippen LogP contribution in [-0.4, -0.2) is 20.8 Å². The first-order valence-electron chi connectivity index (χ1n) is 5.91. The van der Waals surface area contributed by atoms with Crippen LogP contribution < -0.4 is 14.8 Å². The Bertz CT molecular complexity index is 389.